The van der Waals surface area contributed by atoms with Crippen LogP contribution in [-0.2, 0) is 16.1 Å². The fourth-order valence-corrected chi connectivity index (χ4v) is 3.51. The van der Waals surface area contributed by atoms with Crippen LogP contribution in [0.3, 0.4) is 0 Å². The number of aromatic nitrogens is 1. The first-order valence-corrected chi connectivity index (χ1v) is 10.1. The Kier molecular flexibility index (Phi) is 7.67. The maximum absolute atomic E-state index is 12.8. The zero-order valence-corrected chi connectivity index (χ0v) is 17.3. The van der Waals surface area contributed by atoms with E-state index in [0.717, 1.165) is 18.4 Å². The van der Waals surface area contributed by atoms with E-state index in [2.05, 4.69) is 22.0 Å². The number of aliphatic hydroxyl groups is 1. The summed E-state index contributed by atoms with van der Waals surface area (Å²) in [7, 11) is 0. The molecule has 30 heavy (non-hydrogen) atoms. The second-order valence-electron chi connectivity index (χ2n) is 6.92. The summed E-state index contributed by atoms with van der Waals surface area (Å²) < 4.78 is 5.38. The predicted molar refractivity (Wildman–Crippen MR) is 113 cm³/mol. The standard InChI is InChI=1S/C20H24ClN5O4/c1-22-10-15(21)19(24-14-4-8-30-9-5-14)16-3-2-13-11-26(20(29)18(13)25-16)12-17(28)23-6-7-27/h2-3,10,14,27H,1,4-9,11-12H2,(H,23,28)/b15-10+,24-19?. The van der Waals surface area contributed by atoms with Gasteiger partial charge in [-0.15, -0.1) is 0 Å². The molecule has 3 rings (SSSR count). The van der Waals surface area contributed by atoms with Crippen LogP contribution in [0, 0.1) is 0 Å². The molecular formula is C20H24ClN5O4. The highest BCUT2D eigenvalue weighted by Crippen LogP contribution is 2.24. The average molecular weight is 434 g/mol. The third-order valence-electron chi connectivity index (χ3n) is 4.77. The number of carbonyl (C=O) groups is 2. The van der Waals surface area contributed by atoms with Gasteiger partial charge in [-0.05, 0) is 25.6 Å². The summed E-state index contributed by atoms with van der Waals surface area (Å²) in [5.41, 5.74) is 1.92. The van der Waals surface area contributed by atoms with Crippen LogP contribution < -0.4 is 5.32 Å². The van der Waals surface area contributed by atoms with Crippen molar-refractivity contribution in [2.45, 2.75) is 25.4 Å². The minimum Gasteiger partial charge on any atom is -0.395 e. The Hall–Kier alpha value is -2.62. The lowest BCUT2D eigenvalue weighted by molar-refractivity contribution is -0.121. The van der Waals surface area contributed by atoms with Gasteiger partial charge in [0.05, 0.1) is 23.4 Å². The zero-order valence-electron chi connectivity index (χ0n) is 16.5. The van der Waals surface area contributed by atoms with Crippen molar-refractivity contribution in [1.29, 1.82) is 0 Å². The van der Waals surface area contributed by atoms with Crippen molar-refractivity contribution in [3.05, 3.63) is 40.3 Å². The zero-order chi connectivity index (χ0) is 21.5. The first kappa shape index (κ1) is 22.1. The summed E-state index contributed by atoms with van der Waals surface area (Å²) in [4.78, 5) is 39.1. The number of fused-ring (bicyclic) bond motifs is 1. The smallest absolute Gasteiger partial charge is 0.273 e. The van der Waals surface area contributed by atoms with Gasteiger partial charge in [0.15, 0.2) is 0 Å². The number of hydrogen-bond acceptors (Lipinski definition) is 7. The highest BCUT2D eigenvalue weighted by Gasteiger charge is 2.31. The molecule has 2 aliphatic rings. The lowest BCUT2D eigenvalue weighted by atomic mass is 10.1. The summed E-state index contributed by atoms with van der Waals surface area (Å²) >= 11 is 6.39. The third kappa shape index (κ3) is 5.29. The molecule has 0 radical (unpaired) electrons. The lowest BCUT2D eigenvalue weighted by Gasteiger charge is -2.19. The van der Waals surface area contributed by atoms with Gasteiger partial charge in [-0.25, -0.2) is 4.98 Å². The van der Waals surface area contributed by atoms with Gasteiger partial charge in [0.1, 0.15) is 18.0 Å². The Morgan fingerprint density at radius 3 is 2.90 bits per heavy atom. The van der Waals surface area contributed by atoms with Gasteiger partial charge in [0.2, 0.25) is 5.91 Å². The number of carbonyl (C=O) groups excluding carboxylic acids is 2. The molecule has 10 heteroatoms. The van der Waals surface area contributed by atoms with Crippen LogP contribution in [0.5, 0.6) is 0 Å². The van der Waals surface area contributed by atoms with Crippen molar-refractivity contribution in [3.63, 3.8) is 0 Å². The Morgan fingerprint density at radius 2 is 2.20 bits per heavy atom. The van der Waals surface area contributed by atoms with Crippen molar-refractivity contribution < 1.29 is 19.4 Å². The molecule has 0 saturated carbocycles. The molecule has 1 fully saturated rings. The Bertz CT molecular complexity index is 880. The number of nitrogens with one attached hydrogen (secondary N) is 1. The predicted octanol–water partition coefficient (Wildman–Crippen LogP) is 0.895. The molecule has 2 aliphatic heterocycles. The number of amides is 2. The second-order valence-corrected chi connectivity index (χ2v) is 7.33. The number of aliphatic imine (C=N–C) groups is 2. The van der Waals surface area contributed by atoms with Crippen molar-refractivity contribution in [2.75, 3.05) is 32.9 Å². The van der Waals surface area contributed by atoms with E-state index in [1.165, 1.54) is 11.1 Å². The van der Waals surface area contributed by atoms with E-state index < -0.39 is 0 Å². The van der Waals surface area contributed by atoms with Crippen LogP contribution in [0.1, 0.15) is 34.6 Å². The van der Waals surface area contributed by atoms with Crippen LogP contribution >= 0.6 is 11.6 Å². The Balaban J connectivity index is 1.84. The van der Waals surface area contributed by atoms with Crippen LogP contribution in [0.25, 0.3) is 0 Å². The second kappa shape index (κ2) is 10.4. The van der Waals surface area contributed by atoms with Gasteiger partial charge in [-0.3, -0.25) is 19.6 Å². The maximum atomic E-state index is 12.8. The van der Waals surface area contributed by atoms with Gasteiger partial charge < -0.3 is 20.1 Å². The number of pyridine rings is 1. The van der Waals surface area contributed by atoms with E-state index in [9.17, 15) is 9.59 Å². The Morgan fingerprint density at radius 1 is 1.43 bits per heavy atom. The molecule has 0 bridgehead atoms. The fourth-order valence-electron chi connectivity index (χ4n) is 3.30. The molecule has 0 aliphatic carbocycles. The number of ether oxygens (including phenoxy) is 1. The number of allylic oxidation sites excluding steroid dienone is 1. The van der Waals surface area contributed by atoms with E-state index in [0.29, 0.717) is 24.6 Å². The molecule has 0 atom stereocenters. The molecule has 0 spiro atoms. The van der Waals surface area contributed by atoms with E-state index in [4.69, 9.17) is 26.4 Å². The SMILES string of the molecule is C=N/C=C(/Cl)C(=NC1CCOCC1)c1ccc2c(n1)C(=O)N(CC(=O)NCCO)C2. The summed E-state index contributed by atoms with van der Waals surface area (Å²) in [5, 5.41) is 11.6. The summed E-state index contributed by atoms with van der Waals surface area (Å²) in [6, 6.07) is 3.60. The average Bonchev–Trinajstić information content (AvgIpc) is 3.06. The first-order chi connectivity index (χ1) is 14.5. The summed E-state index contributed by atoms with van der Waals surface area (Å²) in [5.74, 6) is -0.673. The first-order valence-electron chi connectivity index (χ1n) is 9.68. The number of hydrogen-bond donors (Lipinski definition) is 2. The normalized spacial score (nSPS) is 17.8. The Labute approximate surface area is 179 Å². The molecule has 1 aromatic rings. The van der Waals surface area contributed by atoms with Gasteiger partial charge in [-0.1, -0.05) is 17.7 Å². The molecule has 2 N–H and O–H groups in total. The van der Waals surface area contributed by atoms with Gasteiger partial charge >= 0.3 is 0 Å². The van der Waals surface area contributed by atoms with Gasteiger partial charge in [0, 0.05) is 38.1 Å². The molecule has 0 aromatic carbocycles. The van der Waals surface area contributed by atoms with Crippen molar-refractivity contribution in [2.24, 2.45) is 9.98 Å². The van der Waals surface area contributed by atoms with Crippen LogP contribution in [0.2, 0.25) is 0 Å². The lowest BCUT2D eigenvalue weighted by Crippen LogP contribution is -2.38. The highest BCUT2D eigenvalue weighted by molar-refractivity contribution is 6.46. The topological polar surface area (TPSA) is 116 Å². The van der Waals surface area contributed by atoms with Crippen molar-refractivity contribution in [1.82, 2.24) is 15.2 Å². The summed E-state index contributed by atoms with van der Waals surface area (Å²) in [6.07, 6.45) is 2.94. The van der Waals surface area contributed by atoms with E-state index in [1.54, 1.807) is 12.1 Å². The minimum atomic E-state index is -0.338. The molecule has 9 nitrogen and oxygen atoms in total. The molecular weight excluding hydrogens is 410 g/mol. The third-order valence-corrected chi connectivity index (χ3v) is 5.05. The number of halogens is 1. The molecule has 2 amide bonds. The molecule has 3 heterocycles. The molecule has 1 aromatic heterocycles. The fraction of sp³-hybridized carbons (Fsp3) is 0.450. The monoisotopic (exact) mass is 433 g/mol. The number of nitrogens with zero attached hydrogens (tertiary/aromatic N) is 4. The molecule has 0 unspecified atom stereocenters. The van der Waals surface area contributed by atoms with Crippen molar-refractivity contribution >= 4 is 35.8 Å². The minimum absolute atomic E-state index is 0.0400. The molecule has 160 valence electrons. The van der Waals surface area contributed by atoms with Gasteiger partial charge in [0.25, 0.3) is 5.91 Å². The van der Waals surface area contributed by atoms with Crippen LogP contribution in [0.4, 0.5) is 0 Å². The quantitative estimate of drug-likeness (QED) is 0.590. The number of aliphatic hydroxyl groups excluding tert-OH is 1. The van der Waals surface area contributed by atoms with Gasteiger partial charge in [-0.2, -0.15) is 0 Å². The van der Waals surface area contributed by atoms with Crippen molar-refractivity contribution in [3.8, 4) is 0 Å². The highest BCUT2D eigenvalue weighted by atomic mass is 35.5. The van der Waals surface area contributed by atoms with E-state index in [-0.39, 0.29) is 54.8 Å². The van der Waals surface area contributed by atoms with E-state index >= 15 is 0 Å². The largest absolute Gasteiger partial charge is 0.395 e. The van der Waals surface area contributed by atoms with Crippen LogP contribution in [0.15, 0.2) is 33.3 Å². The van der Waals surface area contributed by atoms with Crippen LogP contribution in [-0.4, -0.2) is 78.2 Å². The summed E-state index contributed by atoms with van der Waals surface area (Å²) in [6.45, 7) is 4.87. The maximum Gasteiger partial charge on any atom is 0.273 e. The van der Waals surface area contributed by atoms with E-state index in [1.807, 2.05) is 0 Å². The molecule has 1 saturated heterocycles. The number of rotatable bonds is 8.